The molecule has 19 heavy (non-hydrogen) atoms. The van der Waals surface area contributed by atoms with Crippen LogP contribution in [0.15, 0.2) is 27.1 Å². The molecule has 0 radical (unpaired) electrons. The molecule has 1 fully saturated rings. The maximum Gasteiger partial charge on any atom is 0.0543 e. The molecule has 0 spiro atoms. The first-order valence-corrected chi connectivity index (χ1v) is 8.51. The third-order valence-electron chi connectivity index (χ3n) is 3.90. The van der Waals surface area contributed by atoms with E-state index in [0.717, 1.165) is 34.8 Å². The third-order valence-corrected chi connectivity index (χ3v) is 5.08. The highest BCUT2D eigenvalue weighted by atomic mass is 79.9. The summed E-state index contributed by atoms with van der Waals surface area (Å²) in [5.41, 5.74) is 1.28. The van der Waals surface area contributed by atoms with Gasteiger partial charge in [0.25, 0.3) is 0 Å². The minimum atomic E-state index is -0.0877. The van der Waals surface area contributed by atoms with Crippen molar-refractivity contribution in [3.05, 3.63) is 32.7 Å². The Hall–Kier alpha value is 0.1000. The minimum Gasteiger partial charge on any atom is -0.393 e. The molecule has 106 valence electrons. The Morgan fingerprint density at radius 3 is 2.84 bits per heavy atom. The van der Waals surface area contributed by atoms with Gasteiger partial charge in [-0.25, -0.2) is 0 Å². The Morgan fingerprint density at radius 2 is 2.16 bits per heavy atom. The van der Waals surface area contributed by atoms with Gasteiger partial charge in [0, 0.05) is 15.0 Å². The van der Waals surface area contributed by atoms with Crippen LogP contribution in [0.4, 0.5) is 0 Å². The first-order chi connectivity index (χ1) is 9.06. The molecular formula is C15H21Br2NO. The highest BCUT2D eigenvalue weighted by molar-refractivity contribution is 9.11. The number of hydrogen-bond donors (Lipinski definition) is 2. The van der Waals surface area contributed by atoms with Crippen LogP contribution in [0.5, 0.6) is 0 Å². The molecule has 3 atom stereocenters. The van der Waals surface area contributed by atoms with E-state index in [2.05, 4.69) is 62.3 Å². The number of aliphatic hydroxyl groups is 1. The third kappa shape index (κ3) is 4.55. The van der Waals surface area contributed by atoms with Gasteiger partial charge in [0.05, 0.1) is 6.10 Å². The molecule has 0 bridgehead atoms. The monoisotopic (exact) mass is 389 g/mol. The second-order valence-electron chi connectivity index (χ2n) is 5.48. The van der Waals surface area contributed by atoms with Crippen LogP contribution in [-0.4, -0.2) is 17.8 Å². The van der Waals surface area contributed by atoms with Crippen molar-refractivity contribution in [1.82, 2.24) is 5.32 Å². The van der Waals surface area contributed by atoms with Crippen molar-refractivity contribution in [3.63, 3.8) is 0 Å². The fourth-order valence-electron chi connectivity index (χ4n) is 2.75. The van der Waals surface area contributed by atoms with Gasteiger partial charge in [0.15, 0.2) is 0 Å². The summed E-state index contributed by atoms with van der Waals surface area (Å²) in [5.74, 6) is 0.612. The van der Waals surface area contributed by atoms with Gasteiger partial charge in [-0.15, -0.1) is 0 Å². The molecule has 1 saturated carbocycles. The molecule has 0 amide bonds. The van der Waals surface area contributed by atoms with Crippen molar-refractivity contribution in [2.24, 2.45) is 5.92 Å². The standard InChI is InChI=1S/C15H21Br2NO/c1-10(14-6-5-12(16)8-15(14)17)18-9-11-3-2-4-13(19)7-11/h5-6,8,10-11,13,18-19H,2-4,7,9H2,1H3. The average Bonchev–Trinajstić information content (AvgIpc) is 2.36. The zero-order chi connectivity index (χ0) is 13.8. The SMILES string of the molecule is CC(NCC1CCCC(O)C1)c1ccc(Br)cc1Br. The molecule has 2 N–H and O–H groups in total. The van der Waals surface area contributed by atoms with Gasteiger partial charge in [-0.05, 0) is 56.3 Å². The predicted molar refractivity (Wildman–Crippen MR) is 86.2 cm³/mol. The summed E-state index contributed by atoms with van der Waals surface area (Å²) < 4.78 is 2.22. The van der Waals surface area contributed by atoms with Crippen molar-refractivity contribution >= 4 is 31.9 Å². The Balaban J connectivity index is 1.88. The zero-order valence-electron chi connectivity index (χ0n) is 11.2. The number of hydrogen-bond acceptors (Lipinski definition) is 2. The van der Waals surface area contributed by atoms with Gasteiger partial charge in [-0.3, -0.25) is 0 Å². The van der Waals surface area contributed by atoms with E-state index in [4.69, 9.17) is 0 Å². The molecule has 2 nitrogen and oxygen atoms in total. The van der Waals surface area contributed by atoms with Crippen LogP contribution in [0, 0.1) is 5.92 Å². The van der Waals surface area contributed by atoms with Gasteiger partial charge in [0.1, 0.15) is 0 Å². The van der Waals surface area contributed by atoms with Crippen LogP contribution in [0.2, 0.25) is 0 Å². The van der Waals surface area contributed by atoms with Gasteiger partial charge in [-0.2, -0.15) is 0 Å². The molecule has 4 heteroatoms. The van der Waals surface area contributed by atoms with E-state index in [0.29, 0.717) is 12.0 Å². The van der Waals surface area contributed by atoms with E-state index in [1.807, 2.05) is 0 Å². The van der Waals surface area contributed by atoms with Crippen LogP contribution in [0.1, 0.15) is 44.2 Å². The molecule has 3 unspecified atom stereocenters. The van der Waals surface area contributed by atoms with Crippen molar-refractivity contribution in [1.29, 1.82) is 0 Å². The van der Waals surface area contributed by atoms with Crippen LogP contribution < -0.4 is 5.32 Å². The Bertz CT molecular complexity index is 425. The summed E-state index contributed by atoms with van der Waals surface area (Å²) in [6, 6.07) is 6.61. The number of halogens is 2. The summed E-state index contributed by atoms with van der Waals surface area (Å²) >= 11 is 7.09. The van der Waals surface area contributed by atoms with Crippen LogP contribution >= 0.6 is 31.9 Å². The lowest BCUT2D eigenvalue weighted by Gasteiger charge is -2.27. The van der Waals surface area contributed by atoms with E-state index in [9.17, 15) is 5.11 Å². The lowest BCUT2D eigenvalue weighted by molar-refractivity contribution is 0.0998. The molecule has 2 rings (SSSR count). The largest absolute Gasteiger partial charge is 0.393 e. The van der Waals surface area contributed by atoms with E-state index in [1.165, 1.54) is 12.0 Å². The Morgan fingerprint density at radius 1 is 1.37 bits per heavy atom. The maximum absolute atomic E-state index is 9.70. The molecular weight excluding hydrogens is 370 g/mol. The molecule has 1 aromatic carbocycles. The van der Waals surface area contributed by atoms with Crippen LogP contribution in [-0.2, 0) is 0 Å². The summed E-state index contributed by atoms with van der Waals surface area (Å²) in [6.45, 7) is 3.17. The van der Waals surface area contributed by atoms with E-state index >= 15 is 0 Å². The van der Waals surface area contributed by atoms with Crippen molar-refractivity contribution in [3.8, 4) is 0 Å². The molecule has 0 aromatic heterocycles. The quantitative estimate of drug-likeness (QED) is 0.797. The molecule has 1 aliphatic carbocycles. The van der Waals surface area contributed by atoms with Gasteiger partial charge >= 0.3 is 0 Å². The van der Waals surface area contributed by atoms with Crippen molar-refractivity contribution in [2.75, 3.05) is 6.54 Å². The summed E-state index contributed by atoms with van der Waals surface area (Å²) in [4.78, 5) is 0. The lowest BCUT2D eigenvalue weighted by Crippen LogP contribution is -2.30. The zero-order valence-corrected chi connectivity index (χ0v) is 14.4. The van der Waals surface area contributed by atoms with Gasteiger partial charge < -0.3 is 10.4 Å². The predicted octanol–water partition coefficient (Wildman–Crippen LogP) is 4.41. The average molecular weight is 391 g/mol. The lowest BCUT2D eigenvalue weighted by atomic mass is 9.87. The second-order valence-corrected chi connectivity index (χ2v) is 7.25. The number of rotatable bonds is 4. The van der Waals surface area contributed by atoms with Crippen molar-refractivity contribution < 1.29 is 5.11 Å². The van der Waals surface area contributed by atoms with Gasteiger partial charge in [0.2, 0.25) is 0 Å². The topological polar surface area (TPSA) is 32.3 Å². The first kappa shape index (κ1) is 15.5. The molecule has 0 heterocycles. The Labute approximate surface area is 132 Å². The van der Waals surface area contributed by atoms with Crippen LogP contribution in [0.25, 0.3) is 0 Å². The number of nitrogens with one attached hydrogen (secondary N) is 1. The summed E-state index contributed by atoms with van der Waals surface area (Å²) in [7, 11) is 0. The van der Waals surface area contributed by atoms with Crippen molar-refractivity contribution in [2.45, 2.75) is 44.8 Å². The Kier molecular flexibility index (Phi) is 5.87. The van der Waals surface area contributed by atoms with E-state index in [1.54, 1.807) is 0 Å². The smallest absolute Gasteiger partial charge is 0.0543 e. The number of benzene rings is 1. The van der Waals surface area contributed by atoms with Crippen LogP contribution in [0.3, 0.4) is 0 Å². The highest BCUT2D eigenvalue weighted by Crippen LogP contribution is 2.28. The molecule has 0 aliphatic heterocycles. The first-order valence-electron chi connectivity index (χ1n) is 6.92. The summed E-state index contributed by atoms with van der Waals surface area (Å²) in [6.07, 6.45) is 4.23. The van der Waals surface area contributed by atoms with E-state index in [-0.39, 0.29) is 6.10 Å². The fraction of sp³-hybridized carbons (Fsp3) is 0.600. The molecule has 0 saturated heterocycles. The molecule has 1 aliphatic rings. The highest BCUT2D eigenvalue weighted by Gasteiger charge is 2.20. The maximum atomic E-state index is 9.70. The van der Waals surface area contributed by atoms with Gasteiger partial charge in [-0.1, -0.05) is 44.3 Å². The van der Waals surface area contributed by atoms with E-state index < -0.39 is 0 Å². The fourth-order valence-corrected chi connectivity index (χ4v) is 4.14. The summed E-state index contributed by atoms with van der Waals surface area (Å²) in [5, 5.41) is 13.3. The minimum absolute atomic E-state index is 0.0877. The molecule has 1 aromatic rings. The second kappa shape index (κ2) is 7.21. The normalized spacial score (nSPS) is 25.3. The number of aliphatic hydroxyl groups excluding tert-OH is 1.